The summed E-state index contributed by atoms with van der Waals surface area (Å²) in [6.45, 7) is 0. The second-order valence-corrected chi connectivity index (χ2v) is 16.7. The zero-order valence-electron chi connectivity index (χ0n) is 39.1. The number of aromatic nitrogens is 3. The lowest BCUT2D eigenvalue weighted by Gasteiger charge is -2.11. The van der Waals surface area contributed by atoms with Crippen molar-refractivity contribution in [2.24, 2.45) is 0 Å². The minimum absolute atomic E-state index is 0.204. The zero-order chi connectivity index (χ0) is 50.5. The van der Waals surface area contributed by atoms with E-state index in [0.717, 1.165) is 89.2 Å². The molecular formula is C57H50BBrF3N3O6. The molecule has 0 atom stereocenters. The van der Waals surface area contributed by atoms with Crippen LogP contribution in [0.15, 0.2) is 205 Å². The van der Waals surface area contributed by atoms with Gasteiger partial charge in [0.2, 0.25) is 0 Å². The second-order valence-electron chi connectivity index (χ2n) is 15.8. The molecule has 0 aliphatic carbocycles. The Labute approximate surface area is 420 Å². The van der Waals surface area contributed by atoms with E-state index in [1.54, 1.807) is 76.2 Å². The van der Waals surface area contributed by atoms with E-state index in [9.17, 15) is 18.4 Å². The van der Waals surface area contributed by atoms with E-state index in [0.29, 0.717) is 17.6 Å². The summed E-state index contributed by atoms with van der Waals surface area (Å²) in [5.74, 6) is 1.68. The van der Waals surface area contributed by atoms with Crippen molar-refractivity contribution < 1.29 is 42.2 Å². The molecule has 0 radical (unpaired) electrons. The van der Waals surface area contributed by atoms with Crippen LogP contribution >= 0.6 is 15.9 Å². The highest BCUT2D eigenvalue weighted by Gasteiger charge is 2.12. The molecule has 6 aromatic carbocycles. The summed E-state index contributed by atoms with van der Waals surface area (Å²) in [6.07, 6.45) is 11.7. The van der Waals surface area contributed by atoms with Crippen LogP contribution in [0.5, 0.6) is 17.2 Å². The van der Waals surface area contributed by atoms with Gasteiger partial charge in [0, 0.05) is 53.0 Å². The Hall–Kier alpha value is -7.78. The minimum Gasteiger partial charge on any atom is -0.619 e. The van der Waals surface area contributed by atoms with Crippen LogP contribution < -0.4 is 24.4 Å². The average Bonchev–Trinajstić information content (AvgIpc) is 3.39. The molecule has 3 heterocycles. The van der Waals surface area contributed by atoms with Gasteiger partial charge in [-0.1, -0.05) is 66.7 Å². The first-order valence-electron chi connectivity index (χ1n) is 22.2. The fraction of sp³-hybridized carbons (Fsp3) is 0.105. The van der Waals surface area contributed by atoms with Gasteiger partial charge in [-0.05, 0) is 160 Å². The van der Waals surface area contributed by atoms with Gasteiger partial charge in [-0.2, -0.15) is 4.73 Å². The number of benzene rings is 6. The Morgan fingerprint density at radius 2 is 0.915 bits per heavy atom. The third-order valence-corrected chi connectivity index (χ3v) is 11.4. The van der Waals surface area contributed by atoms with Crippen molar-refractivity contribution in [3.8, 4) is 39.5 Å². The van der Waals surface area contributed by atoms with Gasteiger partial charge in [-0.3, -0.25) is 9.97 Å². The van der Waals surface area contributed by atoms with Gasteiger partial charge in [-0.25, -0.2) is 13.2 Å². The van der Waals surface area contributed by atoms with Gasteiger partial charge in [0.1, 0.15) is 34.7 Å². The Morgan fingerprint density at radius 3 is 1.30 bits per heavy atom. The van der Waals surface area contributed by atoms with Crippen molar-refractivity contribution in [2.45, 2.75) is 19.3 Å². The summed E-state index contributed by atoms with van der Waals surface area (Å²) < 4.78 is 56.5. The average molecular weight is 1020 g/mol. The SMILES string of the molecule is COc1ccc(Cc2ccc(F)cc2)cc1-c1ccc[n+]([O-])c1.COc1ccc(Cc2ccc(F)cc2)cc1-c1cccnc1.COc1ccc(Cc2ccc(F)cc2)cc1Br.OB(O)c1cccnc1. The molecule has 0 saturated carbocycles. The third kappa shape index (κ3) is 16.4. The largest absolute Gasteiger partial charge is 0.619 e. The number of hydrogen-bond donors (Lipinski definition) is 2. The maximum atomic E-state index is 13.0. The Kier molecular flexibility index (Phi) is 19.9. The van der Waals surface area contributed by atoms with E-state index in [1.807, 2.05) is 85.1 Å². The molecule has 0 spiro atoms. The molecule has 0 unspecified atom stereocenters. The minimum atomic E-state index is -1.40. The Balaban J connectivity index is 0.000000162. The maximum absolute atomic E-state index is 13.0. The molecular weight excluding hydrogens is 970 g/mol. The number of halogens is 4. The first-order chi connectivity index (χ1) is 34.4. The van der Waals surface area contributed by atoms with Crippen LogP contribution in [-0.2, 0) is 19.3 Å². The van der Waals surface area contributed by atoms with Crippen LogP contribution in [0.25, 0.3) is 22.3 Å². The number of methoxy groups -OCH3 is 3. The summed E-state index contributed by atoms with van der Waals surface area (Å²) in [7, 11) is 3.50. The van der Waals surface area contributed by atoms with Crippen LogP contribution in [0.2, 0.25) is 0 Å². The highest BCUT2D eigenvalue weighted by atomic mass is 79.9. The lowest BCUT2D eigenvalue weighted by atomic mass is 9.82. The Bertz CT molecular complexity index is 3050. The molecule has 0 aliphatic heterocycles. The zero-order valence-corrected chi connectivity index (χ0v) is 40.7. The molecule has 71 heavy (non-hydrogen) atoms. The van der Waals surface area contributed by atoms with Crippen LogP contribution in [0.3, 0.4) is 0 Å². The lowest BCUT2D eigenvalue weighted by Crippen LogP contribution is -2.29. The van der Waals surface area contributed by atoms with Crippen LogP contribution in [-0.4, -0.2) is 48.5 Å². The monoisotopic (exact) mass is 1020 g/mol. The highest BCUT2D eigenvalue weighted by molar-refractivity contribution is 9.10. The smallest absolute Gasteiger partial charge is 0.490 e. The van der Waals surface area contributed by atoms with Crippen molar-refractivity contribution >= 4 is 28.5 Å². The van der Waals surface area contributed by atoms with Gasteiger partial charge < -0.3 is 29.5 Å². The van der Waals surface area contributed by atoms with Crippen LogP contribution in [0.1, 0.15) is 33.4 Å². The first-order valence-corrected chi connectivity index (χ1v) is 23.0. The molecule has 0 bridgehead atoms. The lowest BCUT2D eigenvalue weighted by molar-refractivity contribution is -0.604. The molecule has 2 N–H and O–H groups in total. The first kappa shape index (κ1) is 52.6. The quantitative estimate of drug-likeness (QED) is 0.0705. The third-order valence-electron chi connectivity index (χ3n) is 10.7. The normalized spacial score (nSPS) is 10.3. The molecule has 0 fully saturated rings. The van der Waals surface area contributed by atoms with Crippen LogP contribution in [0, 0.1) is 22.7 Å². The standard InChI is InChI=1S/C19H16FNO2.C19H16FNO.C14H12BrFO.C5H6BNO2/c1-23-19-9-6-15(11-14-4-7-17(20)8-5-14)12-18(19)16-3-2-10-21(22)13-16;1-22-19-9-6-15(11-14-4-7-17(20)8-5-14)12-18(19)16-3-2-10-21-13-16;1-17-14-7-4-11(9-13(14)15)8-10-2-5-12(16)6-3-10;8-6(9)5-2-1-3-7-4-5/h2-10,12-13H,11H2,1H3;2-10,12-13H,11H2,1H3;2-7,9H,8H2,1H3;1-4,8-9H. The summed E-state index contributed by atoms with van der Waals surface area (Å²) in [6, 6.07) is 48.2. The maximum Gasteiger partial charge on any atom is 0.490 e. The second kappa shape index (κ2) is 26.8. The van der Waals surface area contributed by atoms with E-state index in [4.69, 9.17) is 24.3 Å². The topological polar surface area (TPSA) is 121 Å². The molecule has 0 saturated heterocycles. The van der Waals surface area contributed by atoms with Gasteiger partial charge >= 0.3 is 7.12 Å². The number of hydrogen-bond acceptors (Lipinski definition) is 8. The molecule has 9 rings (SSSR count). The number of pyridine rings is 3. The predicted molar refractivity (Wildman–Crippen MR) is 276 cm³/mol. The van der Waals surface area contributed by atoms with Gasteiger partial charge in [0.25, 0.3) is 0 Å². The molecule has 0 amide bonds. The fourth-order valence-electron chi connectivity index (χ4n) is 7.18. The van der Waals surface area contributed by atoms with E-state index < -0.39 is 7.12 Å². The van der Waals surface area contributed by atoms with E-state index in [-0.39, 0.29) is 17.5 Å². The van der Waals surface area contributed by atoms with Crippen molar-refractivity contribution in [3.05, 3.63) is 261 Å². The predicted octanol–water partition coefficient (Wildman–Crippen LogP) is 11.2. The van der Waals surface area contributed by atoms with E-state index in [2.05, 4.69) is 32.0 Å². The Morgan fingerprint density at radius 1 is 0.507 bits per heavy atom. The van der Waals surface area contributed by atoms with E-state index in [1.165, 1.54) is 55.0 Å². The summed E-state index contributed by atoms with van der Waals surface area (Å²) in [4.78, 5) is 7.85. The molecule has 9 aromatic rings. The summed E-state index contributed by atoms with van der Waals surface area (Å²) in [5, 5.41) is 28.6. The van der Waals surface area contributed by atoms with Gasteiger partial charge in [0.05, 0.1) is 31.4 Å². The molecule has 14 heteroatoms. The number of ether oxygens (including phenoxy) is 3. The summed E-state index contributed by atoms with van der Waals surface area (Å²) in [5.41, 5.74) is 10.6. The van der Waals surface area contributed by atoms with Gasteiger partial charge in [-0.15, -0.1) is 0 Å². The fourth-order valence-corrected chi connectivity index (χ4v) is 7.77. The number of rotatable bonds is 12. The van der Waals surface area contributed by atoms with Crippen molar-refractivity contribution in [2.75, 3.05) is 21.3 Å². The van der Waals surface area contributed by atoms with Gasteiger partial charge in [0.15, 0.2) is 12.4 Å². The van der Waals surface area contributed by atoms with Crippen molar-refractivity contribution in [1.29, 1.82) is 0 Å². The molecule has 3 aromatic heterocycles. The van der Waals surface area contributed by atoms with Crippen molar-refractivity contribution in [3.63, 3.8) is 0 Å². The van der Waals surface area contributed by atoms with Crippen LogP contribution in [0.4, 0.5) is 13.2 Å². The molecule has 360 valence electrons. The highest BCUT2D eigenvalue weighted by Crippen LogP contribution is 2.33. The van der Waals surface area contributed by atoms with E-state index >= 15 is 0 Å². The number of nitrogens with zero attached hydrogens (tertiary/aromatic N) is 3. The summed E-state index contributed by atoms with van der Waals surface area (Å²) >= 11 is 3.45. The molecule has 0 aliphatic rings. The molecule has 9 nitrogen and oxygen atoms in total. The van der Waals surface area contributed by atoms with Crippen molar-refractivity contribution in [1.82, 2.24) is 9.97 Å².